The first-order valence-corrected chi connectivity index (χ1v) is 12.7. The molecule has 1 aromatic rings. The zero-order chi connectivity index (χ0) is 22.1. The van der Waals surface area contributed by atoms with E-state index in [1.165, 1.54) is 25.7 Å². The molecule has 0 spiro atoms. The molecule has 2 atom stereocenters. The van der Waals surface area contributed by atoms with Crippen LogP contribution in [0, 0.1) is 11.8 Å². The number of nitrogens with zero attached hydrogens (tertiary/aromatic N) is 2. The van der Waals surface area contributed by atoms with Crippen LogP contribution in [0.4, 0.5) is 10.5 Å². The molecule has 0 aromatic carbocycles. The summed E-state index contributed by atoms with van der Waals surface area (Å²) >= 11 is 0. The third kappa shape index (κ3) is 4.44. The number of aromatic nitrogens is 1. The Kier molecular flexibility index (Phi) is 6.24. The van der Waals surface area contributed by atoms with Crippen LogP contribution in [0.25, 0.3) is 0 Å². The van der Waals surface area contributed by atoms with Crippen molar-refractivity contribution in [2.24, 2.45) is 11.8 Å². The monoisotopic (exact) mass is 440 g/mol. The van der Waals surface area contributed by atoms with Crippen LogP contribution < -0.4 is 16.2 Å². The highest BCUT2D eigenvalue weighted by atomic mass is 16.2. The molecule has 2 saturated carbocycles. The topological polar surface area (TPSA) is 83.4 Å². The average molecular weight is 441 g/mol. The van der Waals surface area contributed by atoms with Gasteiger partial charge >= 0.3 is 6.03 Å². The first-order valence-electron chi connectivity index (χ1n) is 12.7. The molecule has 4 aliphatic rings. The number of nitrogens with one attached hydrogen (secondary N) is 2. The van der Waals surface area contributed by atoms with Crippen molar-refractivity contribution in [3.63, 3.8) is 0 Å². The van der Waals surface area contributed by atoms with Crippen LogP contribution in [-0.4, -0.2) is 40.5 Å². The fourth-order valence-electron chi connectivity index (χ4n) is 6.32. The predicted octanol–water partition coefficient (Wildman–Crippen LogP) is 3.83. The summed E-state index contributed by atoms with van der Waals surface area (Å²) in [7, 11) is 0. The van der Waals surface area contributed by atoms with Crippen molar-refractivity contribution < 1.29 is 9.59 Å². The van der Waals surface area contributed by atoms with Crippen LogP contribution >= 0.6 is 0 Å². The first kappa shape index (κ1) is 21.5. The Bertz CT molecular complexity index is 914. The minimum Gasteiger partial charge on any atom is -0.335 e. The number of pyridine rings is 1. The van der Waals surface area contributed by atoms with E-state index in [2.05, 4.69) is 10.6 Å². The van der Waals surface area contributed by atoms with Crippen molar-refractivity contribution in [3.8, 4) is 0 Å². The van der Waals surface area contributed by atoms with Gasteiger partial charge in [-0.15, -0.1) is 0 Å². The van der Waals surface area contributed by atoms with Crippen LogP contribution in [0.3, 0.4) is 0 Å². The van der Waals surface area contributed by atoms with Gasteiger partial charge in [-0.05, 0) is 50.2 Å². The molecule has 2 bridgehead atoms. The Morgan fingerprint density at radius 1 is 0.875 bits per heavy atom. The van der Waals surface area contributed by atoms with Gasteiger partial charge in [-0.1, -0.05) is 38.5 Å². The maximum atomic E-state index is 13.2. The van der Waals surface area contributed by atoms with Crippen molar-refractivity contribution in [2.75, 3.05) is 18.4 Å². The smallest absolute Gasteiger partial charge is 0.317 e. The van der Waals surface area contributed by atoms with Gasteiger partial charge in [0.2, 0.25) is 5.91 Å². The Balaban J connectivity index is 1.27. The number of carbonyl (C=O) groups excluding carboxylic acids is 2. The molecule has 5 rings (SSSR count). The number of urea groups is 1. The van der Waals surface area contributed by atoms with Crippen LogP contribution in [0.2, 0.25) is 0 Å². The van der Waals surface area contributed by atoms with E-state index in [1.54, 1.807) is 6.07 Å². The fraction of sp³-hybridized carbons (Fsp3) is 0.720. The molecule has 3 fully saturated rings. The minimum atomic E-state index is -0.0959. The highest BCUT2D eigenvalue weighted by molar-refractivity contribution is 5.92. The molecule has 0 unspecified atom stereocenters. The van der Waals surface area contributed by atoms with Crippen molar-refractivity contribution >= 4 is 17.6 Å². The summed E-state index contributed by atoms with van der Waals surface area (Å²) in [5.74, 6) is 0.472. The van der Waals surface area contributed by atoms with Crippen LogP contribution in [-0.2, 0) is 11.3 Å². The summed E-state index contributed by atoms with van der Waals surface area (Å²) in [6.07, 6.45) is 12.1. The minimum absolute atomic E-state index is 0.0103. The highest BCUT2D eigenvalue weighted by Gasteiger charge is 2.37. The number of likely N-dealkylation sites (tertiary alicyclic amines) is 1. The summed E-state index contributed by atoms with van der Waals surface area (Å²) in [6.45, 7) is 1.97. The van der Waals surface area contributed by atoms with Crippen LogP contribution in [0.1, 0.15) is 82.2 Å². The van der Waals surface area contributed by atoms with E-state index < -0.39 is 0 Å². The number of carbonyl (C=O) groups is 2. The number of anilines is 1. The predicted molar refractivity (Wildman–Crippen MR) is 124 cm³/mol. The standard InChI is InChI=1S/C25H36N4O3/c30-23(18-7-3-1-4-8-18)27-21-11-12-22-19-13-17(15-29(22)24(21)31)14-28(16-19)25(32)26-20-9-5-2-6-10-20/h11-12,17-20H,1-10,13-16H2,(H,26,32)(H,27,30)/t17-,19+/m0/s1. The molecule has 0 radical (unpaired) electrons. The van der Waals surface area contributed by atoms with E-state index in [1.807, 2.05) is 15.5 Å². The molecular weight excluding hydrogens is 404 g/mol. The molecule has 7 nitrogen and oxygen atoms in total. The molecule has 2 aliphatic carbocycles. The second kappa shape index (κ2) is 9.28. The zero-order valence-corrected chi connectivity index (χ0v) is 19.0. The summed E-state index contributed by atoms with van der Waals surface area (Å²) < 4.78 is 1.85. The second-order valence-electron chi connectivity index (χ2n) is 10.4. The molecule has 3 amide bonds. The highest BCUT2D eigenvalue weighted by Crippen LogP contribution is 2.35. The Morgan fingerprint density at radius 2 is 1.59 bits per heavy atom. The number of rotatable bonds is 3. The summed E-state index contributed by atoms with van der Waals surface area (Å²) in [4.78, 5) is 40.7. The van der Waals surface area contributed by atoms with Crippen LogP contribution in [0.15, 0.2) is 16.9 Å². The quantitative estimate of drug-likeness (QED) is 0.749. The lowest BCUT2D eigenvalue weighted by Gasteiger charge is -2.43. The summed E-state index contributed by atoms with van der Waals surface area (Å²) in [6, 6.07) is 4.12. The third-order valence-corrected chi connectivity index (χ3v) is 8.06. The molecule has 2 aliphatic heterocycles. The first-order chi connectivity index (χ1) is 15.6. The normalized spacial score (nSPS) is 26.3. The molecule has 7 heteroatoms. The molecule has 2 N–H and O–H groups in total. The maximum absolute atomic E-state index is 13.2. The molecular formula is C25H36N4O3. The lowest BCUT2D eigenvalue weighted by atomic mass is 9.83. The molecule has 174 valence electrons. The lowest BCUT2D eigenvalue weighted by Crippen LogP contribution is -2.53. The van der Waals surface area contributed by atoms with E-state index in [4.69, 9.17) is 0 Å². The summed E-state index contributed by atoms with van der Waals surface area (Å²) in [5.41, 5.74) is 1.30. The molecule has 1 saturated heterocycles. The van der Waals surface area contributed by atoms with Crippen molar-refractivity contribution in [1.29, 1.82) is 0 Å². The van der Waals surface area contributed by atoms with Gasteiger partial charge in [0, 0.05) is 43.2 Å². The van der Waals surface area contributed by atoms with Gasteiger partial charge in [0.05, 0.1) is 0 Å². The Labute approximate surface area is 189 Å². The largest absolute Gasteiger partial charge is 0.335 e. The Hall–Kier alpha value is -2.31. The SMILES string of the molecule is O=C(Nc1ccc2n(c1=O)C[C@H]1C[C@@H]2CN(C(=O)NC2CCCCC2)C1)C1CCCCC1. The fourth-order valence-corrected chi connectivity index (χ4v) is 6.32. The van der Waals surface area contributed by atoms with Crippen LogP contribution in [0.5, 0.6) is 0 Å². The number of fused-ring (bicyclic) bond motifs is 4. The van der Waals surface area contributed by atoms with Gasteiger partial charge in [0.25, 0.3) is 5.56 Å². The summed E-state index contributed by atoms with van der Waals surface area (Å²) in [5, 5.41) is 6.17. The third-order valence-electron chi connectivity index (χ3n) is 8.06. The van der Waals surface area contributed by atoms with Crippen molar-refractivity contribution in [2.45, 2.75) is 89.1 Å². The van der Waals surface area contributed by atoms with Crippen molar-refractivity contribution in [1.82, 2.24) is 14.8 Å². The number of piperidine rings is 1. The molecule has 3 heterocycles. The number of amides is 3. The van der Waals surface area contributed by atoms with E-state index in [0.717, 1.165) is 50.6 Å². The van der Waals surface area contributed by atoms with Gasteiger partial charge in [0.15, 0.2) is 0 Å². The number of hydrogen-bond donors (Lipinski definition) is 2. The zero-order valence-electron chi connectivity index (χ0n) is 19.0. The maximum Gasteiger partial charge on any atom is 0.317 e. The van der Waals surface area contributed by atoms with Gasteiger partial charge in [-0.2, -0.15) is 0 Å². The van der Waals surface area contributed by atoms with E-state index in [-0.39, 0.29) is 35.3 Å². The van der Waals surface area contributed by atoms with E-state index >= 15 is 0 Å². The van der Waals surface area contributed by atoms with E-state index in [9.17, 15) is 14.4 Å². The number of hydrogen-bond acceptors (Lipinski definition) is 3. The van der Waals surface area contributed by atoms with Gasteiger partial charge in [-0.3, -0.25) is 9.59 Å². The second-order valence-corrected chi connectivity index (χ2v) is 10.4. The average Bonchev–Trinajstić information content (AvgIpc) is 2.82. The van der Waals surface area contributed by atoms with Gasteiger partial charge in [-0.25, -0.2) is 4.79 Å². The molecule has 1 aromatic heterocycles. The molecule has 32 heavy (non-hydrogen) atoms. The van der Waals surface area contributed by atoms with Crippen molar-refractivity contribution in [3.05, 3.63) is 28.2 Å². The Morgan fingerprint density at radius 3 is 2.34 bits per heavy atom. The van der Waals surface area contributed by atoms with Gasteiger partial charge < -0.3 is 20.1 Å². The lowest BCUT2D eigenvalue weighted by molar-refractivity contribution is -0.120. The van der Waals surface area contributed by atoms with Gasteiger partial charge in [0.1, 0.15) is 5.69 Å². The van der Waals surface area contributed by atoms with E-state index in [0.29, 0.717) is 31.4 Å².